The Kier molecular flexibility index (Phi) is 6.43. The van der Waals surface area contributed by atoms with E-state index in [9.17, 15) is 4.79 Å². The van der Waals surface area contributed by atoms with Crippen LogP contribution in [-0.4, -0.2) is 29.3 Å². The molecule has 0 aliphatic carbocycles. The van der Waals surface area contributed by atoms with Crippen LogP contribution in [0.3, 0.4) is 0 Å². The molecule has 3 nitrogen and oxygen atoms in total. The summed E-state index contributed by atoms with van der Waals surface area (Å²) < 4.78 is 6.67. The predicted molar refractivity (Wildman–Crippen MR) is 106 cm³/mol. The van der Waals surface area contributed by atoms with Crippen LogP contribution in [0.4, 0.5) is 4.79 Å². The van der Waals surface area contributed by atoms with Gasteiger partial charge in [0.25, 0.3) is 0 Å². The molecular formula is C19H20INO2S. The molecule has 1 amide bonds. The number of rotatable bonds is 4. The van der Waals surface area contributed by atoms with Crippen LogP contribution >= 0.6 is 34.4 Å². The Labute approximate surface area is 160 Å². The van der Waals surface area contributed by atoms with Crippen molar-refractivity contribution in [2.45, 2.75) is 29.6 Å². The molecule has 5 heteroatoms. The smallest absolute Gasteiger partial charge is 0.410 e. The summed E-state index contributed by atoms with van der Waals surface area (Å²) in [4.78, 5) is 15.3. The van der Waals surface area contributed by atoms with E-state index in [0.717, 1.165) is 31.5 Å². The summed E-state index contributed by atoms with van der Waals surface area (Å²) in [6, 6.07) is 18.4. The van der Waals surface area contributed by atoms with Gasteiger partial charge in [0.05, 0.1) is 0 Å². The number of likely N-dealkylation sites (tertiary alicyclic amines) is 1. The molecule has 0 N–H and O–H groups in total. The minimum absolute atomic E-state index is 0.198. The molecule has 1 aliphatic rings. The molecule has 0 atom stereocenters. The van der Waals surface area contributed by atoms with Crippen LogP contribution in [0, 0.1) is 3.57 Å². The van der Waals surface area contributed by atoms with Crippen molar-refractivity contribution in [3.05, 3.63) is 63.7 Å². The fourth-order valence-corrected chi connectivity index (χ4v) is 4.16. The van der Waals surface area contributed by atoms with Crippen LogP contribution in [0.5, 0.6) is 0 Å². The Morgan fingerprint density at radius 1 is 1.08 bits per heavy atom. The van der Waals surface area contributed by atoms with Gasteiger partial charge in [-0.15, -0.1) is 11.8 Å². The largest absolute Gasteiger partial charge is 0.445 e. The number of nitrogens with zero attached hydrogens (tertiary/aromatic N) is 1. The van der Waals surface area contributed by atoms with Gasteiger partial charge in [-0.05, 0) is 65.3 Å². The van der Waals surface area contributed by atoms with Crippen molar-refractivity contribution in [3.63, 3.8) is 0 Å². The Balaban J connectivity index is 1.42. The second-order valence-corrected chi connectivity index (χ2v) is 8.42. The van der Waals surface area contributed by atoms with Crippen molar-refractivity contribution in [2.24, 2.45) is 0 Å². The maximum absolute atomic E-state index is 12.2. The van der Waals surface area contributed by atoms with Gasteiger partial charge < -0.3 is 9.64 Å². The average molecular weight is 453 g/mol. The molecule has 2 aromatic rings. The number of carbonyl (C=O) groups excluding carboxylic acids is 1. The zero-order valence-electron chi connectivity index (χ0n) is 13.4. The van der Waals surface area contributed by atoms with Gasteiger partial charge >= 0.3 is 6.09 Å². The second kappa shape index (κ2) is 8.76. The highest BCUT2D eigenvalue weighted by Gasteiger charge is 2.24. The third kappa shape index (κ3) is 5.14. The Bertz CT molecular complexity index is 655. The number of carbonyl (C=O) groups is 1. The van der Waals surface area contributed by atoms with Gasteiger partial charge in [0.15, 0.2) is 0 Å². The van der Waals surface area contributed by atoms with Gasteiger partial charge in [0.2, 0.25) is 0 Å². The van der Waals surface area contributed by atoms with Crippen LogP contribution in [0.2, 0.25) is 0 Å². The van der Waals surface area contributed by atoms with Gasteiger partial charge in [-0.2, -0.15) is 0 Å². The molecular weight excluding hydrogens is 433 g/mol. The number of hydrogen-bond acceptors (Lipinski definition) is 3. The summed E-state index contributed by atoms with van der Waals surface area (Å²) in [5, 5.41) is 0.572. The number of benzene rings is 2. The van der Waals surface area contributed by atoms with E-state index in [1.807, 2.05) is 47.0 Å². The SMILES string of the molecule is O=C(OCc1ccccc1)N1CCC(Sc2ccc(I)cc2)CC1. The second-order valence-electron chi connectivity index (χ2n) is 5.80. The summed E-state index contributed by atoms with van der Waals surface area (Å²) in [5.74, 6) is 0. The summed E-state index contributed by atoms with van der Waals surface area (Å²) in [6.07, 6.45) is 1.82. The van der Waals surface area contributed by atoms with Crippen LogP contribution in [0.25, 0.3) is 0 Å². The van der Waals surface area contributed by atoms with Crippen molar-refractivity contribution in [1.82, 2.24) is 4.90 Å². The number of amides is 1. The maximum Gasteiger partial charge on any atom is 0.410 e. The molecule has 0 bridgehead atoms. The molecule has 0 spiro atoms. The van der Waals surface area contributed by atoms with E-state index >= 15 is 0 Å². The normalized spacial score (nSPS) is 15.3. The van der Waals surface area contributed by atoms with Crippen molar-refractivity contribution >= 4 is 40.4 Å². The van der Waals surface area contributed by atoms with Crippen molar-refractivity contribution in [1.29, 1.82) is 0 Å². The Morgan fingerprint density at radius 2 is 1.75 bits per heavy atom. The zero-order valence-corrected chi connectivity index (χ0v) is 16.3. The van der Waals surface area contributed by atoms with E-state index in [0.29, 0.717) is 11.9 Å². The summed E-state index contributed by atoms with van der Waals surface area (Å²) >= 11 is 4.24. The first-order chi connectivity index (χ1) is 11.7. The highest BCUT2D eigenvalue weighted by molar-refractivity contribution is 14.1. The molecule has 3 rings (SSSR count). The molecule has 0 radical (unpaired) electrons. The maximum atomic E-state index is 12.2. The molecule has 126 valence electrons. The molecule has 0 unspecified atom stereocenters. The van der Waals surface area contributed by atoms with E-state index in [1.54, 1.807) is 0 Å². The number of ether oxygens (including phenoxy) is 1. The lowest BCUT2D eigenvalue weighted by atomic mass is 10.1. The molecule has 0 saturated carbocycles. The topological polar surface area (TPSA) is 29.5 Å². The average Bonchev–Trinajstić information content (AvgIpc) is 2.63. The third-order valence-electron chi connectivity index (χ3n) is 4.02. The van der Waals surface area contributed by atoms with E-state index < -0.39 is 0 Å². The van der Waals surface area contributed by atoms with Gasteiger partial charge in [0.1, 0.15) is 6.61 Å². The molecule has 1 heterocycles. The first-order valence-corrected chi connectivity index (χ1v) is 10.0. The van der Waals surface area contributed by atoms with Crippen LogP contribution < -0.4 is 0 Å². The molecule has 0 aromatic heterocycles. The lowest BCUT2D eigenvalue weighted by Gasteiger charge is -2.31. The highest BCUT2D eigenvalue weighted by atomic mass is 127. The third-order valence-corrected chi connectivity index (χ3v) is 6.09. The van der Waals surface area contributed by atoms with Gasteiger partial charge in [-0.25, -0.2) is 4.79 Å². The van der Waals surface area contributed by atoms with Crippen molar-refractivity contribution in [3.8, 4) is 0 Å². The summed E-state index contributed by atoms with van der Waals surface area (Å²) in [5.41, 5.74) is 1.02. The number of piperidine rings is 1. The lowest BCUT2D eigenvalue weighted by molar-refractivity contribution is 0.0901. The molecule has 24 heavy (non-hydrogen) atoms. The number of hydrogen-bond donors (Lipinski definition) is 0. The molecule has 1 aliphatic heterocycles. The van der Waals surface area contributed by atoms with Gasteiger partial charge in [-0.1, -0.05) is 30.3 Å². The fraction of sp³-hybridized carbons (Fsp3) is 0.316. The first kappa shape index (κ1) is 17.6. The fourth-order valence-electron chi connectivity index (χ4n) is 2.67. The van der Waals surface area contributed by atoms with Crippen LogP contribution in [0.15, 0.2) is 59.5 Å². The van der Waals surface area contributed by atoms with E-state index in [2.05, 4.69) is 46.9 Å². The first-order valence-electron chi connectivity index (χ1n) is 8.08. The Morgan fingerprint density at radius 3 is 2.42 bits per heavy atom. The highest BCUT2D eigenvalue weighted by Crippen LogP contribution is 2.30. The minimum atomic E-state index is -0.198. The predicted octanol–water partition coefficient (Wildman–Crippen LogP) is 5.18. The van der Waals surface area contributed by atoms with Gasteiger partial charge in [-0.3, -0.25) is 0 Å². The monoisotopic (exact) mass is 453 g/mol. The molecule has 1 saturated heterocycles. The molecule has 1 fully saturated rings. The van der Waals surface area contributed by atoms with E-state index in [4.69, 9.17) is 4.74 Å². The minimum Gasteiger partial charge on any atom is -0.445 e. The van der Waals surface area contributed by atoms with Crippen LogP contribution in [0.1, 0.15) is 18.4 Å². The standard InChI is InChI=1S/C19H20INO2S/c20-16-6-8-17(9-7-16)24-18-10-12-21(13-11-18)19(22)23-14-15-4-2-1-3-5-15/h1-9,18H,10-14H2. The summed E-state index contributed by atoms with van der Waals surface area (Å²) in [7, 11) is 0. The summed E-state index contributed by atoms with van der Waals surface area (Å²) in [6.45, 7) is 1.89. The quantitative estimate of drug-likeness (QED) is 0.598. The van der Waals surface area contributed by atoms with Crippen molar-refractivity contribution in [2.75, 3.05) is 13.1 Å². The number of thioether (sulfide) groups is 1. The van der Waals surface area contributed by atoms with E-state index in [-0.39, 0.29) is 6.09 Å². The van der Waals surface area contributed by atoms with E-state index in [1.165, 1.54) is 8.47 Å². The van der Waals surface area contributed by atoms with Crippen LogP contribution in [-0.2, 0) is 11.3 Å². The molecule has 2 aromatic carbocycles. The lowest BCUT2D eigenvalue weighted by Crippen LogP contribution is -2.39. The van der Waals surface area contributed by atoms with Gasteiger partial charge in [0, 0.05) is 26.8 Å². The number of halogens is 1. The zero-order chi connectivity index (χ0) is 16.8. The van der Waals surface area contributed by atoms with Crippen molar-refractivity contribution < 1.29 is 9.53 Å². The Hall–Kier alpha value is -1.21.